The van der Waals surface area contributed by atoms with Crippen LogP contribution in [0.3, 0.4) is 0 Å². The van der Waals surface area contributed by atoms with Gasteiger partial charge in [0.15, 0.2) is 0 Å². The predicted octanol–water partition coefficient (Wildman–Crippen LogP) is 3.01. The Hall–Kier alpha value is -1.13. The Morgan fingerprint density at radius 1 is 1.33 bits per heavy atom. The van der Waals surface area contributed by atoms with Gasteiger partial charge in [0.2, 0.25) is 0 Å². The van der Waals surface area contributed by atoms with Crippen LogP contribution >= 0.6 is 11.3 Å². The second-order valence-electron chi connectivity index (χ2n) is 5.44. The van der Waals surface area contributed by atoms with E-state index >= 15 is 0 Å². The van der Waals surface area contributed by atoms with Crippen LogP contribution in [-0.2, 0) is 16.7 Å². The van der Waals surface area contributed by atoms with E-state index < -0.39 is 0 Å². The number of ether oxygens (including phenoxy) is 1. The monoisotopic (exact) mass is 265 g/mol. The summed E-state index contributed by atoms with van der Waals surface area (Å²) < 4.78 is 7.91. The quantitative estimate of drug-likeness (QED) is 0.854. The van der Waals surface area contributed by atoms with Crippen molar-refractivity contribution >= 4 is 21.6 Å². The van der Waals surface area contributed by atoms with Gasteiger partial charge in [0, 0.05) is 7.11 Å². The number of fused-ring (bicyclic) bond motifs is 1. The van der Waals surface area contributed by atoms with Crippen LogP contribution in [0.2, 0.25) is 0 Å². The van der Waals surface area contributed by atoms with E-state index in [9.17, 15) is 4.79 Å². The Kier molecular flexibility index (Phi) is 3.59. The van der Waals surface area contributed by atoms with Gasteiger partial charge in [0.25, 0.3) is 0 Å². The Bertz CT molecular complexity index is 604. The fourth-order valence-electron chi connectivity index (χ4n) is 1.92. The molecule has 0 unspecified atom stereocenters. The molecule has 0 amide bonds. The van der Waals surface area contributed by atoms with Gasteiger partial charge in [-0.05, 0) is 23.1 Å². The van der Waals surface area contributed by atoms with E-state index in [2.05, 4.69) is 32.9 Å². The zero-order chi connectivity index (χ0) is 13.3. The van der Waals surface area contributed by atoms with E-state index in [4.69, 9.17) is 4.74 Å². The maximum atomic E-state index is 11.9. The number of methoxy groups -OCH3 is 1. The van der Waals surface area contributed by atoms with Crippen molar-refractivity contribution in [3.63, 3.8) is 0 Å². The standard InChI is InChI=1S/C14H19NO2S/c1-14(2,3)10-5-6-12-11(9-10)15(7-8-17-4)13(16)18-12/h5-6,9H,7-8H2,1-4H3. The van der Waals surface area contributed by atoms with Crippen molar-refractivity contribution in [2.45, 2.75) is 32.7 Å². The first-order valence-corrected chi connectivity index (χ1v) is 6.88. The predicted molar refractivity (Wildman–Crippen MR) is 76.7 cm³/mol. The summed E-state index contributed by atoms with van der Waals surface area (Å²) in [5, 5.41) is 0. The lowest BCUT2D eigenvalue weighted by Crippen LogP contribution is -2.16. The van der Waals surface area contributed by atoms with Crippen LogP contribution in [0.4, 0.5) is 0 Å². The van der Waals surface area contributed by atoms with Gasteiger partial charge in [-0.3, -0.25) is 9.36 Å². The van der Waals surface area contributed by atoms with Crippen molar-refractivity contribution in [1.29, 1.82) is 0 Å². The highest BCUT2D eigenvalue weighted by Crippen LogP contribution is 2.27. The zero-order valence-electron chi connectivity index (χ0n) is 11.3. The van der Waals surface area contributed by atoms with E-state index in [-0.39, 0.29) is 10.3 Å². The summed E-state index contributed by atoms with van der Waals surface area (Å²) in [5.74, 6) is 0. The van der Waals surface area contributed by atoms with Crippen LogP contribution in [-0.4, -0.2) is 18.3 Å². The summed E-state index contributed by atoms with van der Waals surface area (Å²) in [6.45, 7) is 7.71. The Morgan fingerprint density at radius 3 is 2.67 bits per heavy atom. The molecule has 2 aromatic rings. The number of hydrogen-bond donors (Lipinski definition) is 0. The van der Waals surface area contributed by atoms with Gasteiger partial charge >= 0.3 is 4.87 Å². The Morgan fingerprint density at radius 2 is 2.06 bits per heavy atom. The van der Waals surface area contributed by atoms with Gasteiger partial charge in [-0.25, -0.2) is 0 Å². The highest BCUT2D eigenvalue weighted by molar-refractivity contribution is 7.16. The average molecular weight is 265 g/mol. The molecule has 0 radical (unpaired) electrons. The number of thiazole rings is 1. The summed E-state index contributed by atoms with van der Waals surface area (Å²) >= 11 is 1.30. The zero-order valence-corrected chi connectivity index (χ0v) is 12.1. The minimum absolute atomic E-state index is 0.0908. The molecule has 0 saturated heterocycles. The molecule has 0 fully saturated rings. The molecule has 0 aliphatic carbocycles. The van der Waals surface area contributed by atoms with Crippen molar-refractivity contribution < 1.29 is 4.74 Å². The SMILES string of the molecule is COCCn1c(=O)sc2ccc(C(C)(C)C)cc21. The number of benzene rings is 1. The van der Waals surface area contributed by atoms with Gasteiger partial charge < -0.3 is 4.74 Å². The van der Waals surface area contributed by atoms with E-state index in [1.807, 2.05) is 6.07 Å². The maximum absolute atomic E-state index is 11.9. The van der Waals surface area contributed by atoms with Crippen LogP contribution in [0.15, 0.2) is 23.0 Å². The lowest BCUT2D eigenvalue weighted by molar-refractivity contribution is 0.188. The van der Waals surface area contributed by atoms with Crippen LogP contribution in [0.5, 0.6) is 0 Å². The minimum atomic E-state index is 0.0908. The van der Waals surface area contributed by atoms with E-state index in [0.717, 1.165) is 10.2 Å². The molecule has 0 saturated carbocycles. The summed E-state index contributed by atoms with van der Waals surface area (Å²) in [6, 6.07) is 6.28. The number of hydrogen-bond acceptors (Lipinski definition) is 3. The van der Waals surface area contributed by atoms with Crippen LogP contribution in [0, 0.1) is 0 Å². The first-order chi connectivity index (χ1) is 8.43. The molecule has 0 bridgehead atoms. The molecule has 0 N–H and O–H groups in total. The van der Waals surface area contributed by atoms with Crippen LogP contribution in [0.1, 0.15) is 26.3 Å². The van der Waals surface area contributed by atoms with Crippen LogP contribution < -0.4 is 4.87 Å². The van der Waals surface area contributed by atoms with Gasteiger partial charge in [-0.2, -0.15) is 0 Å². The molecule has 0 aliphatic heterocycles. The summed E-state index contributed by atoms with van der Waals surface area (Å²) in [7, 11) is 1.65. The molecular formula is C14H19NO2S. The fraction of sp³-hybridized carbons (Fsp3) is 0.500. The summed E-state index contributed by atoms with van der Waals surface area (Å²) in [5.41, 5.74) is 2.37. The van der Waals surface area contributed by atoms with Gasteiger partial charge in [0.05, 0.1) is 23.4 Å². The summed E-state index contributed by atoms with van der Waals surface area (Å²) in [4.78, 5) is 12.0. The van der Waals surface area contributed by atoms with Crippen molar-refractivity contribution in [2.75, 3.05) is 13.7 Å². The maximum Gasteiger partial charge on any atom is 0.308 e. The highest BCUT2D eigenvalue weighted by Gasteiger charge is 2.16. The molecule has 1 heterocycles. The van der Waals surface area contributed by atoms with Crippen molar-refractivity contribution in [3.05, 3.63) is 33.4 Å². The highest BCUT2D eigenvalue weighted by atomic mass is 32.1. The first-order valence-electron chi connectivity index (χ1n) is 6.06. The Balaban J connectivity index is 2.56. The second kappa shape index (κ2) is 4.86. The topological polar surface area (TPSA) is 31.2 Å². The number of nitrogens with zero attached hydrogens (tertiary/aromatic N) is 1. The molecule has 2 rings (SSSR count). The van der Waals surface area contributed by atoms with Gasteiger partial charge in [-0.15, -0.1) is 0 Å². The molecule has 98 valence electrons. The third-order valence-corrected chi connectivity index (χ3v) is 4.01. The molecule has 4 heteroatoms. The molecule has 0 spiro atoms. The normalized spacial score (nSPS) is 12.2. The number of aromatic nitrogens is 1. The lowest BCUT2D eigenvalue weighted by atomic mass is 9.87. The van der Waals surface area contributed by atoms with Crippen LogP contribution in [0.25, 0.3) is 10.2 Å². The average Bonchev–Trinajstić information content (AvgIpc) is 2.60. The number of rotatable bonds is 3. The first kappa shape index (κ1) is 13.3. The smallest absolute Gasteiger partial charge is 0.308 e. The Labute approximate surface area is 111 Å². The molecular weight excluding hydrogens is 246 g/mol. The molecule has 1 aromatic heterocycles. The second-order valence-corrected chi connectivity index (χ2v) is 6.44. The molecule has 3 nitrogen and oxygen atoms in total. The van der Waals surface area contributed by atoms with E-state index in [0.29, 0.717) is 13.2 Å². The minimum Gasteiger partial charge on any atom is -0.383 e. The van der Waals surface area contributed by atoms with E-state index in [1.165, 1.54) is 16.9 Å². The largest absolute Gasteiger partial charge is 0.383 e. The molecule has 0 atom stereocenters. The molecule has 18 heavy (non-hydrogen) atoms. The van der Waals surface area contributed by atoms with Gasteiger partial charge in [0.1, 0.15) is 0 Å². The third kappa shape index (κ3) is 2.49. The third-order valence-electron chi connectivity index (χ3n) is 3.05. The summed E-state index contributed by atoms with van der Waals surface area (Å²) in [6.07, 6.45) is 0. The molecule has 1 aromatic carbocycles. The van der Waals surface area contributed by atoms with Crippen molar-refractivity contribution in [3.8, 4) is 0 Å². The van der Waals surface area contributed by atoms with Crippen molar-refractivity contribution in [1.82, 2.24) is 4.57 Å². The van der Waals surface area contributed by atoms with E-state index in [1.54, 1.807) is 11.7 Å². The fourth-order valence-corrected chi connectivity index (χ4v) is 2.82. The van der Waals surface area contributed by atoms with Gasteiger partial charge in [-0.1, -0.05) is 38.2 Å². The molecule has 0 aliphatic rings. The lowest BCUT2D eigenvalue weighted by Gasteiger charge is -2.19. The van der Waals surface area contributed by atoms with Crippen molar-refractivity contribution in [2.24, 2.45) is 0 Å².